The number of carbonyl (C=O) groups is 1. The van der Waals surface area contributed by atoms with Crippen molar-refractivity contribution in [3.05, 3.63) is 35.4 Å². The van der Waals surface area contributed by atoms with Gasteiger partial charge in [-0.15, -0.1) is 0 Å². The molecule has 0 saturated heterocycles. The van der Waals surface area contributed by atoms with Crippen molar-refractivity contribution in [3.63, 3.8) is 0 Å². The van der Waals surface area contributed by atoms with Gasteiger partial charge in [0, 0.05) is 6.07 Å². The minimum Gasteiger partial charge on any atom is -0.468 e. The third-order valence-electron chi connectivity index (χ3n) is 2.96. The van der Waals surface area contributed by atoms with Gasteiger partial charge in [0.05, 0.1) is 7.11 Å². The molecule has 1 atom stereocenters. The molecular weight excluding hydrogens is 240 g/mol. The molecule has 2 rings (SSSR count). The molecule has 1 N–H and O–H groups in total. The lowest BCUT2D eigenvalue weighted by Crippen LogP contribution is -2.31. The number of halogens is 2. The number of nitrogens with one attached hydrogen (secondary N) is 1. The maximum absolute atomic E-state index is 13.1. The summed E-state index contributed by atoms with van der Waals surface area (Å²) < 4.78 is 30.9. The van der Waals surface area contributed by atoms with Crippen molar-refractivity contribution in [1.29, 1.82) is 0 Å². The highest BCUT2D eigenvalue weighted by molar-refractivity contribution is 5.77. The van der Waals surface area contributed by atoms with Crippen molar-refractivity contribution in [2.75, 3.05) is 13.7 Å². The van der Waals surface area contributed by atoms with Gasteiger partial charge in [-0.3, -0.25) is 0 Å². The first-order valence-electron chi connectivity index (χ1n) is 5.87. The van der Waals surface area contributed by atoms with Gasteiger partial charge in [-0.25, -0.2) is 13.6 Å². The summed E-state index contributed by atoms with van der Waals surface area (Å²) in [6, 6.07) is 2.24. The van der Waals surface area contributed by atoms with E-state index in [9.17, 15) is 13.6 Å². The summed E-state index contributed by atoms with van der Waals surface area (Å²) in [6.45, 7) is 0.651. The summed E-state index contributed by atoms with van der Waals surface area (Å²) in [4.78, 5) is 11.6. The monoisotopic (exact) mass is 255 g/mol. The SMILES string of the molecule is COC(=O)C(NCC1CC1)c1cc(F)cc(F)c1. The minimum absolute atomic E-state index is 0.250. The van der Waals surface area contributed by atoms with E-state index in [4.69, 9.17) is 0 Å². The molecule has 0 aromatic heterocycles. The van der Waals surface area contributed by atoms with E-state index in [-0.39, 0.29) is 5.56 Å². The number of hydrogen-bond acceptors (Lipinski definition) is 3. The molecule has 1 aliphatic carbocycles. The molecule has 0 amide bonds. The van der Waals surface area contributed by atoms with Crippen molar-refractivity contribution in [3.8, 4) is 0 Å². The van der Waals surface area contributed by atoms with Crippen LogP contribution in [0.1, 0.15) is 24.4 Å². The molecule has 1 fully saturated rings. The predicted molar refractivity (Wildman–Crippen MR) is 61.8 cm³/mol. The molecule has 0 radical (unpaired) electrons. The van der Waals surface area contributed by atoms with Gasteiger partial charge in [0.1, 0.15) is 17.7 Å². The lowest BCUT2D eigenvalue weighted by molar-refractivity contribution is -0.143. The van der Waals surface area contributed by atoms with Crippen LogP contribution in [0.3, 0.4) is 0 Å². The van der Waals surface area contributed by atoms with Crippen molar-refractivity contribution in [2.45, 2.75) is 18.9 Å². The van der Waals surface area contributed by atoms with Crippen LogP contribution in [-0.2, 0) is 9.53 Å². The number of hydrogen-bond donors (Lipinski definition) is 1. The van der Waals surface area contributed by atoms with Crippen molar-refractivity contribution >= 4 is 5.97 Å². The Kier molecular flexibility index (Phi) is 3.91. The van der Waals surface area contributed by atoms with E-state index in [1.54, 1.807) is 0 Å². The van der Waals surface area contributed by atoms with E-state index in [2.05, 4.69) is 10.1 Å². The van der Waals surface area contributed by atoms with Crippen LogP contribution in [0.15, 0.2) is 18.2 Å². The molecule has 5 heteroatoms. The van der Waals surface area contributed by atoms with Gasteiger partial charge in [-0.1, -0.05) is 0 Å². The largest absolute Gasteiger partial charge is 0.468 e. The summed E-state index contributed by atoms with van der Waals surface area (Å²) in [5.74, 6) is -1.39. The number of benzene rings is 1. The number of ether oxygens (including phenoxy) is 1. The van der Waals surface area contributed by atoms with E-state index >= 15 is 0 Å². The topological polar surface area (TPSA) is 38.3 Å². The Morgan fingerprint density at radius 1 is 1.39 bits per heavy atom. The fourth-order valence-corrected chi connectivity index (χ4v) is 1.80. The zero-order valence-corrected chi connectivity index (χ0v) is 10.1. The normalized spacial score (nSPS) is 16.4. The molecule has 1 aromatic carbocycles. The molecule has 98 valence electrons. The first-order valence-corrected chi connectivity index (χ1v) is 5.87. The molecule has 1 aromatic rings. The highest BCUT2D eigenvalue weighted by atomic mass is 19.1. The quantitative estimate of drug-likeness (QED) is 0.819. The second-order valence-electron chi connectivity index (χ2n) is 4.51. The fourth-order valence-electron chi connectivity index (χ4n) is 1.80. The first-order chi connectivity index (χ1) is 8.60. The van der Waals surface area contributed by atoms with Crippen molar-refractivity contribution in [1.82, 2.24) is 5.32 Å². The fraction of sp³-hybridized carbons (Fsp3) is 0.462. The number of rotatable bonds is 5. The third-order valence-corrected chi connectivity index (χ3v) is 2.96. The molecule has 0 aliphatic heterocycles. The van der Waals surface area contributed by atoms with Crippen LogP contribution in [0.2, 0.25) is 0 Å². The molecule has 3 nitrogen and oxygen atoms in total. The third kappa shape index (κ3) is 3.26. The highest BCUT2D eigenvalue weighted by Crippen LogP contribution is 2.29. The minimum atomic E-state index is -0.819. The van der Waals surface area contributed by atoms with Crippen LogP contribution in [-0.4, -0.2) is 19.6 Å². The Hall–Kier alpha value is -1.49. The van der Waals surface area contributed by atoms with Crippen LogP contribution in [0.25, 0.3) is 0 Å². The molecule has 18 heavy (non-hydrogen) atoms. The van der Waals surface area contributed by atoms with Crippen LogP contribution in [0.4, 0.5) is 8.78 Å². The van der Waals surface area contributed by atoms with E-state index in [0.29, 0.717) is 12.5 Å². The van der Waals surface area contributed by atoms with Gasteiger partial charge in [-0.2, -0.15) is 0 Å². The maximum Gasteiger partial charge on any atom is 0.327 e. The molecule has 1 saturated carbocycles. The lowest BCUT2D eigenvalue weighted by Gasteiger charge is -2.16. The van der Waals surface area contributed by atoms with Gasteiger partial charge < -0.3 is 10.1 Å². The van der Waals surface area contributed by atoms with E-state index in [1.165, 1.54) is 7.11 Å². The van der Waals surface area contributed by atoms with Gasteiger partial charge in [0.15, 0.2) is 0 Å². The molecular formula is C13H15F2NO2. The summed E-state index contributed by atoms with van der Waals surface area (Å²) >= 11 is 0. The average molecular weight is 255 g/mol. The number of esters is 1. The molecule has 0 bridgehead atoms. The van der Waals surface area contributed by atoms with Gasteiger partial charge in [0.25, 0.3) is 0 Å². The van der Waals surface area contributed by atoms with Crippen LogP contribution in [0.5, 0.6) is 0 Å². The smallest absolute Gasteiger partial charge is 0.327 e. The molecule has 1 unspecified atom stereocenters. The van der Waals surface area contributed by atoms with E-state index < -0.39 is 23.6 Å². The maximum atomic E-state index is 13.1. The van der Waals surface area contributed by atoms with E-state index in [1.807, 2.05) is 0 Å². The average Bonchev–Trinajstić information content (AvgIpc) is 3.11. The zero-order chi connectivity index (χ0) is 13.1. The number of methoxy groups -OCH3 is 1. The Labute approximate surface area is 104 Å². The van der Waals surface area contributed by atoms with Gasteiger partial charge in [-0.05, 0) is 43.0 Å². The van der Waals surface area contributed by atoms with Crippen molar-refractivity contribution in [2.24, 2.45) is 5.92 Å². The highest BCUT2D eigenvalue weighted by Gasteiger charge is 2.27. The molecule has 0 spiro atoms. The van der Waals surface area contributed by atoms with Crippen molar-refractivity contribution < 1.29 is 18.3 Å². The Morgan fingerprint density at radius 3 is 2.50 bits per heavy atom. The zero-order valence-electron chi connectivity index (χ0n) is 10.1. The van der Waals surface area contributed by atoms with Crippen LogP contribution >= 0.6 is 0 Å². The van der Waals surface area contributed by atoms with E-state index in [0.717, 1.165) is 31.0 Å². The standard InChI is InChI=1S/C13H15F2NO2/c1-18-13(17)12(16-7-8-2-3-8)9-4-10(14)6-11(15)5-9/h4-6,8,12,16H,2-3,7H2,1H3. The summed E-state index contributed by atoms with van der Waals surface area (Å²) in [5, 5.41) is 3.00. The summed E-state index contributed by atoms with van der Waals surface area (Å²) in [6.07, 6.45) is 2.25. The second kappa shape index (κ2) is 5.44. The van der Waals surface area contributed by atoms with Crippen LogP contribution < -0.4 is 5.32 Å². The van der Waals surface area contributed by atoms with Gasteiger partial charge in [0.2, 0.25) is 0 Å². The lowest BCUT2D eigenvalue weighted by atomic mass is 10.1. The van der Waals surface area contributed by atoms with Gasteiger partial charge >= 0.3 is 5.97 Å². The Balaban J connectivity index is 2.16. The van der Waals surface area contributed by atoms with Crippen LogP contribution in [0, 0.1) is 17.6 Å². The Morgan fingerprint density at radius 2 is 2.00 bits per heavy atom. The summed E-state index contributed by atoms with van der Waals surface area (Å²) in [7, 11) is 1.25. The second-order valence-corrected chi connectivity index (χ2v) is 4.51. The molecule has 1 aliphatic rings. The first kappa shape index (κ1) is 13.0. The predicted octanol–water partition coefficient (Wildman–Crippen LogP) is 2.18. The summed E-state index contributed by atoms with van der Waals surface area (Å²) in [5.41, 5.74) is 0.250. The number of carbonyl (C=O) groups excluding carboxylic acids is 1. The molecule has 0 heterocycles. The Bertz CT molecular complexity index is 426.